The molecule has 4 heteroatoms. The molecule has 100 valence electrons. The third kappa shape index (κ3) is 2.57. The van der Waals surface area contributed by atoms with Crippen LogP contribution in [0.25, 0.3) is 0 Å². The van der Waals surface area contributed by atoms with Gasteiger partial charge in [0.05, 0.1) is 30.3 Å². The molecule has 0 aromatic carbocycles. The molecule has 1 aromatic rings. The third-order valence-corrected chi connectivity index (χ3v) is 4.64. The Morgan fingerprint density at radius 2 is 2.17 bits per heavy atom. The van der Waals surface area contributed by atoms with Crippen LogP contribution in [0.1, 0.15) is 50.5 Å². The molecule has 3 rings (SSSR count). The van der Waals surface area contributed by atoms with Gasteiger partial charge in [0.25, 0.3) is 0 Å². The van der Waals surface area contributed by atoms with Crippen molar-refractivity contribution >= 4 is 11.6 Å². The van der Waals surface area contributed by atoms with E-state index in [1.165, 1.54) is 44.9 Å². The van der Waals surface area contributed by atoms with E-state index in [0.29, 0.717) is 12.0 Å². The zero-order valence-corrected chi connectivity index (χ0v) is 11.5. The molecule has 0 N–H and O–H groups in total. The molecule has 2 aliphatic rings. The minimum atomic E-state index is 0.214. The lowest BCUT2D eigenvalue weighted by atomic mass is 9.83. The van der Waals surface area contributed by atoms with Gasteiger partial charge in [-0.05, 0) is 25.7 Å². The lowest BCUT2D eigenvalue weighted by molar-refractivity contribution is -0.0688. The van der Waals surface area contributed by atoms with Gasteiger partial charge in [-0.25, -0.2) is 0 Å². The first-order valence-corrected chi connectivity index (χ1v) is 7.58. The molecule has 1 aliphatic heterocycles. The third-order valence-electron chi connectivity index (χ3n) is 4.34. The molecule has 1 saturated heterocycles. The average Bonchev–Trinajstić information content (AvgIpc) is 2.99. The summed E-state index contributed by atoms with van der Waals surface area (Å²) in [5.74, 6) is 0.537. The molecule has 0 amide bonds. The molecule has 1 spiro atoms. The van der Waals surface area contributed by atoms with E-state index in [1.807, 2.05) is 17.1 Å². The van der Waals surface area contributed by atoms with Crippen LogP contribution >= 0.6 is 11.6 Å². The second kappa shape index (κ2) is 5.22. The summed E-state index contributed by atoms with van der Waals surface area (Å²) in [5.41, 5.74) is 1.30. The number of aromatic nitrogens is 2. The van der Waals surface area contributed by atoms with Gasteiger partial charge in [-0.15, -0.1) is 11.6 Å². The SMILES string of the molecule is ClCc1cnn(CC2CCC3(CCCCC3)O2)c1. The maximum Gasteiger partial charge on any atom is 0.0779 e. The van der Waals surface area contributed by atoms with Crippen molar-refractivity contribution in [2.24, 2.45) is 0 Å². The first kappa shape index (κ1) is 12.5. The fraction of sp³-hybridized carbons (Fsp3) is 0.786. The Labute approximate surface area is 113 Å². The number of alkyl halides is 1. The van der Waals surface area contributed by atoms with Crippen molar-refractivity contribution in [3.63, 3.8) is 0 Å². The quantitative estimate of drug-likeness (QED) is 0.785. The van der Waals surface area contributed by atoms with E-state index >= 15 is 0 Å². The average molecular weight is 269 g/mol. The highest BCUT2D eigenvalue weighted by Gasteiger charge is 2.40. The van der Waals surface area contributed by atoms with E-state index in [9.17, 15) is 0 Å². The molecule has 1 unspecified atom stereocenters. The molecule has 0 bridgehead atoms. The van der Waals surface area contributed by atoms with E-state index in [4.69, 9.17) is 16.3 Å². The van der Waals surface area contributed by atoms with Crippen LogP contribution in [0, 0.1) is 0 Å². The van der Waals surface area contributed by atoms with Crippen molar-refractivity contribution in [2.75, 3.05) is 0 Å². The summed E-state index contributed by atoms with van der Waals surface area (Å²) in [6.07, 6.45) is 13.2. The molecule has 2 fully saturated rings. The smallest absolute Gasteiger partial charge is 0.0779 e. The van der Waals surface area contributed by atoms with Crippen molar-refractivity contribution in [2.45, 2.75) is 69.1 Å². The standard InChI is InChI=1S/C14H21ClN2O/c15-8-12-9-16-17(10-12)11-13-4-7-14(18-13)5-2-1-3-6-14/h9-10,13H,1-8,11H2. The molecule has 18 heavy (non-hydrogen) atoms. The maximum absolute atomic E-state index is 6.34. The summed E-state index contributed by atoms with van der Waals surface area (Å²) >= 11 is 5.79. The number of halogens is 1. The molecule has 2 heterocycles. The van der Waals surface area contributed by atoms with Crippen LogP contribution in [0.5, 0.6) is 0 Å². The van der Waals surface area contributed by atoms with Gasteiger partial charge in [0.2, 0.25) is 0 Å². The zero-order chi connectivity index (χ0) is 12.4. The van der Waals surface area contributed by atoms with E-state index in [0.717, 1.165) is 12.1 Å². The van der Waals surface area contributed by atoms with Crippen LogP contribution in [-0.4, -0.2) is 21.5 Å². The number of nitrogens with zero attached hydrogens (tertiary/aromatic N) is 2. The predicted octanol–water partition coefficient (Wildman–Crippen LogP) is 3.50. The van der Waals surface area contributed by atoms with Gasteiger partial charge in [-0.1, -0.05) is 19.3 Å². The summed E-state index contributed by atoms with van der Waals surface area (Å²) < 4.78 is 8.32. The lowest BCUT2D eigenvalue weighted by Crippen LogP contribution is -2.32. The summed E-state index contributed by atoms with van der Waals surface area (Å²) in [7, 11) is 0. The highest BCUT2D eigenvalue weighted by molar-refractivity contribution is 6.17. The highest BCUT2D eigenvalue weighted by Crippen LogP contribution is 2.42. The fourth-order valence-corrected chi connectivity index (χ4v) is 3.51. The van der Waals surface area contributed by atoms with Crippen LogP contribution in [0.15, 0.2) is 12.4 Å². The first-order valence-electron chi connectivity index (χ1n) is 7.05. The molecule has 3 nitrogen and oxygen atoms in total. The Balaban J connectivity index is 1.58. The number of hydrogen-bond acceptors (Lipinski definition) is 2. The normalized spacial score (nSPS) is 26.8. The van der Waals surface area contributed by atoms with E-state index in [1.54, 1.807) is 0 Å². The largest absolute Gasteiger partial charge is 0.370 e. The monoisotopic (exact) mass is 268 g/mol. The van der Waals surface area contributed by atoms with Crippen LogP contribution < -0.4 is 0 Å². The van der Waals surface area contributed by atoms with Gasteiger partial charge in [-0.3, -0.25) is 4.68 Å². The summed E-state index contributed by atoms with van der Waals surface area (Å²) in [4.78, 5) is 0. The number of ether oxygens (including phenoxy) is 1. The molecular weight excluding hydrogens is 248 g/mol. The molecule has 1 atom stereocenters. The molecule has 1 aliphatic carbocycles. The van der Waals surface area contributed by atoms with Gasteiger partial charge in [0.15, 0.2) is 0 Å². The van der Waals surface area contributed by atoms with Gasteiger partial charge in [0.1, 0.15) is 0 Å². The Morgan fingerprint density at radius 3 is 2.89 bits per heavy atom. The Morgan fingerprint density at radius 1 is 1.33 bits per heavy atom. The predicted molar refractivity (Wildman–Crippen MR) is 71.7 cm³/mol. The zero-order valence-electron chi connectivity index (χ0n) is 10.8. The van der Waals surface area contributed by atoms with Gasteiger partial charge in [0, 0.05) is 11.8 Å². The Hall–Kier alpha value is -0.540. The minimum Gasteiger partial charge on any atom is -0.370 e. The van der Waals surface area contributed by atoms with Gasteiger partial charge >= 0.3 is 0 Å². The van der Waals surface area contributed by atoms with Crippen molar-refractivity contribution in [3.05, 3.63) is 18.0 Å². The van der Waals surface area contributed by atoms with Crippen LogP contribution in [-0.2, 0) is 17.2 Å². The first-order chi connectivity index (χ1) is 8.80. The summed E-state index contributed by atoms with van der Waals surface area (Å²) in [6.45, 7) is 0.874. The molecule has 1 saturated carbocycles. The van der Waals surface area contributed by atoms with E-state index in [2.05, 4.69) is 5.10 Å². The second-order valence-electron chi connectivity index (χ2n) is 5.73. The topological polar surface area (TPSA) is 27.1 Å². The van der Waals surface area contributed by atoms with E-state index in [-0.39, 0.29) is 5.60 Å². The van der Waals surface area contributed by atoms with Crippen LogP contribution in [0.3, 0.4) is 0 Å². The van der Waals surface area contributed by atoms with Crippen molar-refractivity contribution in [1.82, 2.24) is 9.78 Å². The highest BCUT2D eigenvalue weighted by atomic mass is 35.5. The van der Waals surface area contributed by atoms with Crippen LogP contribution in [0.2, 0.25) is 0 Å². The summed E-state index contributed by atoms with van der Waals surface area (Å²) in [6, 6.07) is 0. The van der Waals surface area contributed by atoms with Gasteiger partial charge < -0.3 is 4.74 Å². The van der Waals surface area contributed by atoms with E-state index < -0.39 is 0 Å². The molecule has 1 aromatic heterocycles. The molecular formula is C14H21ClN2O. The maximum atomic E-state index is 6.34. The van der Waals surface area contributed by atoms with Gasteiger partial charge in [-0.2, -0.15) is 5.10 Å². The van der Waals surface area contributed by atoms with Crippen LogP contribution in [0.4, 0.5) is 0 Å². The number of rotatable bonds is 3. The van der Waals surface area contributed by atoms with Crippen molar-refractivity contribution < 1.29 is 4.74 Å². The Bertz CT molecular complexity index is 398. The Kier molecular flexibility index (Phi) is 3.62. The summed E-state index contributed by atoms with van der Waals surface area (Å²) in [5, 5.41) is 4.34. The molecule has 0 radical (unpaired) electrons. The van der Waals surface area contributed by atoms with Crippen molar-refractivity contribution in [3.8, 4) is 0 Å². The second-order valence-corrected chi connectivity index (χ2v) is 5.99. The fourth-order valence-electron chi connectivity index (χ4n) is 3.37. The number of hydrogen-bond donors (Lipinski definition) is 0. The lowest BCUT2D eigenvalue weighted by Gasteiger charge is -2.33. The minimum absolute atomic E-state index is 0.214. The van der Waals surface area contributed by atoms with Crippen molar-refractivity contribution in [1.29, 1.82) is 0 Å².